The predicted octanol–water partition coefficient (Wildman–Crippen LogP) is -2.14. The standard InChI is InChI=1S/C41H60O20/c1-2-3-4-5-6-7-9-12-22(46)13-10-8-11-14-28(49)59-38-35(55)37(29-21(17-42)15-23(47)16-24(29)48)56-27(20-45)36(38)60-41-39(33(53)31(51)26(19-44)58-41)61-40-34(54)32(52)30(50)25(18-43)57-40/h6-12,14-16,22,25-27,30-48,50-55H,2-5,13,17-20H2,1H3/b7-6+,10-8+,12-9+,14-11+/t22?,25-,26-,27-,30+,31+,32+,33+,34-,35+,36-,37+,38-,39-,40+,41+/m1/s1. The second-order valence-corrected chi connectivity index (χ2v) is 14.9. The number of aliphatic hydroxyl groups is 11. The fourth-order valence-corrected chi connectivity index (χ4v) is 7.11. The van der Waals surface area contributed by atoms with Gasteiger partial charge in [0.15, 0.2) is 18.7 Å². The number of hydrogen-bond donors (Lipinski definition) is 13. The highest BCUT2D eigenvalue weighted by atomic mass is 16.8. The van der Waals surface area contributed by atoms with Crippen LogP contribution in [0.15, 0.2) is 60.7 Å². The van der Waals surface area contributed by atoms with Crippen LogP contribution in [0.2, 0.25) is 0 Å². The Kier molecular flexibility index (Phi) is 20.1. The van der Waals surface area contributed by atoms with E-state index in [9.17, 15) is 71.2 Å². The molecular formula is C41H60O20. The Balaban J connectivity index is 1.62. The smallest absolute Gasteiger partial charge is 0.331 e. The van der Waals surface area contributed by atoms with E-state index in [1.807, 2.05) is 12.2 Å². The van der Waals surface area contributed by atoms with Gasteiger partial charge in [-0.05, 0) is 30.9 Å². The van der Waals surface area contributed by atoms with Gasteiger partial charge in [-0.1, -0.05) is 62.3 Å². The van der Waals surface area contributed by atoms with Crippen LogP contribution in [0.25, 0.3) is 0 Å². The lowest BCUT2D eigenvalue weighted by Crippen LogP contribution is -2.66. The Bertz CT molecular complexity index is 1620. The topological polar surface area (TPSA) is 335 Å². The average Bonchev–Trinajstić information content (AvgIpc) is 3.24. The Morgan fingerprint density at radius 1 is 0.705 bits per heavy atom. The first-order valence-corrected chi connectivity index (χ1v) is 20.1. The molecule has 0 radical (unpaired) electrons. The molecule has 3 saturated heterocycles. The summed E-state index contributed by atoms with van der Waals surface area (Å²) < 4.78 is 34.6. The summed E-state index contributed by atoms with van der Waals surface area (Å²) in [5, 5.41) is 136. The zero-order valence-corrected chi connectivity index (χ0v) is 33.5. The molecule has 20 nitrogen and oxygen atoms in total. The van der Waals surface area contributed by atoms with Gasteiger partial charge in [0.25, 0.3) is 0 Å². The van der Waals surface area contributed by atoms with E-state index in [1.54, 1.807) is 18.2 Å². The van der Waals surface area contributed by atoms with Gasteiger partial charge in [-0.25, -0.2) is 4.79 Å². The number of phenolic OH excluding ortho intramolecular Hbond substituents is 2. The fourth-order valence-electron chi connectivity index (χ4n) is 7.11. The maximum atomic E-state index is 13.3. The third-order valence-corrected chi connectivity index (χ3v) is 10.4. The molecule has 3 fully saturated rings. The predicted molar refractivity (Wildman–Crippen MR) is 209 cm³/mol. The molecule has 0 saturated carbocycles. The Morgan fingerprint density at radius 3 is 2.00 bits per heavy atom. The molecule has 13 N–H and O–H groups in total. The van der Waals surface area contributed by atoms with Crippen LogP contribution in [0.5, 0.6) is 11.5 Å². The van der Waals surface area contributed by atoms with Crippen LogP contribution in [0.4, 0.5) is 0 Å². The highest BCUT2D eigenvalue weighted by Gasteiger charge is 2.55. The lowest BCUT2D eigenvalue weighted by atomic mass is 9.88. The highest BCUT2D eigenvalue weighted by molar-refractivity contribution is 5.82. The number of unbranched alkanes of at least 4 members (excludes halogenated alkanes) is 3. The fraction of sp³-hybridized carbons (Fsp3) is 0.634. The Morgan fingerprint density at radius 2 is 1.34 bits per heavy atom. The van der Waals surface area contributed by atoms with Gasteiger partial charge >= 0.3 is 5.97 Å². The average molecular weight is 873 g/mol. The minimum atomic E-state index is -2.02. The van der Waals surface area contributed by atoms with E-state index in [-0.39, 0.29) is 17.5 Å². The molecule has 344 valence electrons. The van der Waals surface area contributed by atoms with Gasteiger partial charge in [-0.2, -0.15) is 0 Å². The van der Waals surface area contributed by atoms with Crippen molar-refractivity contribution in [2.45, 2.75) is 144 Å². The Labute approximate surface area is 352 Å². The number of rotatable bonds is 20. The first kappa shape index (κ1) is 50.3. The zero-order chi connectivity index (χ0) is 44.8. The first-order valence-electron chi connectivity index (χ1n) is 20.1. The molecule has 0 aromatic heterocycles. The minimum absolute atomic E-state index is 0.112. The second kappa shape index (κ2) is 24.5. The van der Waals surface area contributed by atoms with Crippen LogP contribution in [0.3, 0.4) is 0 Å². The summed E-state index contributed by atoms with van der Waals surface area (Å²) in [5.74, 6) is -2.19. The van der Waals surface area contributed by atoms with Crippen molar-refractivity contribution >= 4 is 5.97 Å². The lowest BCUT2D eigenvalue weighted by Gasteiger charge is -2.49. The molecule has 4 rings (SSSR count). The number of aliphatic hydroxyl groups excluding tert-OH is 11. The van der Waals surface area contributed by atoms with Gasteiger partial charge in [0.05, 0.1) is 32.5 Å². The van der Waals surface area contributed by atoms with Gasteiger partial charge in [0.1, 0.15) is 84.7 Å². The maximum absolute atomic E-state index is 13.3. The number of phenols is 2. The summed E-state index contributed by atoms with van der Waals surface area (Å²) in [4.78, 5) is 13.3. The summed E-state index contributed by atoms with van der Waals surface area (Å²) in [6, 6.07) is 1.97. The molecule has 3 heterocycles. The van der Waals surface area contributed by atoms with Crippen LogP contribution in [-0.2, 0) is 39.8 Å². The van der Waals surface area contributed by atoms with Crippen molar-refractivity contribution in [3.05, 3.63) is 71.9 Å². The van der Waals surface area contributed by atoms with E-state index < -0.39 is 142 Å². The van der Waals surface area contributed by atoms with Crippen LogP contribution >= 0.6 is 0 Å². The third-order valence-electron chi connectivity index (χ3n) is 10.4. The maximum Gasteiger partial charge on any atom is 0.331 e. The summed E-state index contributed by atoms with van der Waals surface area (Å²) in [5.41, 5.74) is -0.361. The monoisotopic (exact) mass is 872 g/mol. The number of aromatic hydroxyl groups is 2. The van der Waals surface area contributed by atoms with Crippen molar-refractivity contribution in [2.75, 3.05) is 19.8 Å². The quantitative estimate of drug-likeness (QED) is 0.0288. The first-order chi connectivity index (χ1) is 29.2. The molecule has 3 aliphatic rings. The summed E-state index contributed by atoms with van der Waals surface area (Å²) in [6.45, 7) is -1.34. The molecular weight excluding hydrogens is 812 g/mol. The number of carbonyl (C=O) groups is 1. The number of allylic oxidation sites excluding steroid dienone is 5. The van der Waals surface area contributed by atoms with Gasteiger partial charge in [0, 0.05) is 17.7 Å². The largest absolute Gasteiger partial charge is 0.508 e. The van der Waals surface area contributed by atoms with Crippen molar-refractivity contribution in [1.29, 1.82) is 0 Å². The highest BCUT2D eigenvalue weighted by Crippen LogP contribution is 2.43. The lowest BCUT2D eigenvalue weighted by molar-refractivity contribution is -0.383. The summed E-state index contributed by atoms with van der Waals surface area (Å²) in [7, 11) is 0. The number of benzene rings is 1. The molecule has 1 aromatic rings. The molecule has 0 spiro atoms. The molecule has 16 atom stereocenters. The van der Waals surface area contributed by atoms with Gasteiger partial charge < -0.3 is 94.8 Å². The number of hydrogen-bond acceptors (Lipinski definition) is 20. The van der Waals surface area contributed by atoms with Crippen molar-refractivity contribution in [1.82, 2.24) is 0 Å². The van der Waals surface area contributed by atoms with Gasteiger partial charge in [-0.3, -0.25) is 0 Å². The summed E-state index contributed by atoms with van der Waals surface area (Å²) >= 11 is 0. The minimum Gasteiger partial charge on any atom is -0.508 e. The molecule has 3 aliphatic heterocycles. The van der Waals surface area contributed by atoms with E-state index in [0.717, 1.165) is 43.9 Å². The second-order valence-electron chi connectivity index (χ2n) is 14.9. The molecule has 0 bridgehead atoms. The molecule has 61 heavy (non-hydrogen) atoms. The van der Waals surface area contributed by atoms with E-state index in [2.05, 4.69) is 6.92 Å². The van der Waals surface area contributed by atoms with Crippen molar-refractivity contribution in [2.24, 2.45) is 0 Å². The zero-order valence-electron chi connectivity index (χ0n) is 33.5. The van der Waals surface area contributed by atoms with Crippen LogP contribution in [0.1, 0.15) is 56.3 Å². The molecule has 1 aromatic carbocycles. The van der Waals surface area contributed by atoms with Crippen LogP contribution < -0.4 is 0 Å². The van der Waals surface area contributed by atoms with Crippen LogP contribution in [-0.4, -0.2) is 184 Å². The van der Waals surface area contributed by atoms with E-state index in [4.69, 9.17) is 28.4 Å². The molecule has 0 aliphatic carbocycles. The van der Waals surface area contributed by atoms with Crippen molar-refractivity contribution < 1.29 is 99.6 Å². The Hall–Kier alpha value is -3.39. The number of carbonyl (C=O) groups excluding carboxylic acids is 1. The normalized spacial score (nSPS) is 35.4. The van der Waals surface area contributed by atoms with E-state index in [0.29, 0.717) is 0 Å². The number of esters is 1. The van der Waals surface area contributed by atoms with Gasteiger partial charge in [0.2, 0.25) is 0 Å². The summed E-state index contributed by atoms with van der Waals surface area (Å²) in [6.07, 6.45) is -11.2. The van der Waals surface area contributed by atoms with Gasteiger partial charge in [-0.15, -0.1) is 0 Å². The van der Waals surface area contributed by atoms with E-state index in [1.165, 1.54) is 12.2 Å². The van der Waals surface area contributed by atoms with E-state index >= 15 is 0 Å². The van der Waals surface area contributed by atoms with Crippen LogP contribution in [0, 0.1) is 0 Å². The van der Waals surface area contributed by atoms with Crippen molar-refractivity contribution in [3.63, 3.8) is 0 Å². The van der Waals surface area contributed by atoms with Crippen molar-refractivity contribution in [3.8, 4) is 11.5 Å². The molecule has 20 heteroatoms. The third kappa shape index (κ3) is 13.1. The SMILES string of the molecule is CCCCC/C=C/C=C/C(O)C/C=C/C=C/C(=O)O[C@@H]1[C@@H](O)[C@H](c2c(O)cc(O)cc2CO)O[C@H](CO)[C@H]1O[C@@H]1O[C@H](CO)[C@H](O)[C@H](O)[C@H]1O[C@@H]1O[C@H](CO)[C@H](O)[C@H](O)[C@H]1O. The molecule has 1 unspecified atom stereocenters. The number of ether oxygens (including phenoxy) is 6. The molecule has 0 amide bonds.